The van der Waals surface area contributed by atoms with Crippen LogP contribution in [0.3, 0.4) is 0 Å². The van der Waals surface area contributed by atoms with E-state index in [-0.39, 0.29) is 0 Å². The molecule has 1 heterocycles. The van der Waals surface area contributed by atoms with E-state index >= 15 is 0 Å². The second-order valence-corrected chi connectivity index (χ2v) is 4.11. The van der Waals surface area contributed by atoms with Gasteiger partial charge in [-0.25, -0.2) is 0 Å². The molecule has 0 bridgehead atoms. The van der Waals surface area contributed by atoms with E-state index in [9.17, 15) is 14.6 Å². The average Bonchev–Trinajstić information content (AvgIpc) is 2.70. The number of benzene rings is 1. The molecule has 7 heteroatoms. The second-order valence-electron chi connectivity index (χ2n) is 4.11. The van der Waals surface area contributed by atoms with Gasteiger partial charge in [-0.05, 0) is 30.1 Å². The van der Waals surface area contributed by atoms with Gasteiger partial charge in [0.15, 0.2) is 0 Å². The number of rotatable bonds is 3. The van der Waals surface area contributed by atoms with Crippen molar-refractivity contribution in [3.8, 4) is 0 Å². The van der Waals surface area contributed by atoms with Gasteiger partial charge < -0.3 is 20.1 Å². The van der Waals surface area contributed by atoms with Gasteiger partial charge in [0.1, 0.15) is 6.04 Å². The van der Waals surface area contributed by atoms with Gasteiger partial charge in [-0.3, -0.25) is 9.59 Å². The Morgan fingerprint density at radius 2 is 2.22 bits per heavy atom. The Morgan fingerprint density at radius 3 is 2.89 bits per heavy atom. The van der Waals surface area contributed by atoms with Gasteiger partial charge in [0, 0.05) is 5.56 Å². The summed E-state index contributed by atoms with van der Waals surface area (Å²) in [7, 11) is -1.02. The average molecular weight is 249 g/mol. The number of fused-ring (bicyclic) bond motifs is 1. The number of amides is 1. The van der Waals surface area contributed by atoms with Crippen molar-refractivity contribution >= 4 is 24.5 Å². The van der Waals surface area contributed by atoms with Crippen LogP contribution in [0.25, 0.3) is 0 Å². The van der Waals surface area contributed by atoms with E-state index in [1.54, 1.807) is 12.1 Å². The van der Waals surface area contributed by atoms with Crippen molar-refractivity contribution < 1.29 is 24.4 Å². The summed E-state index contributed by atoms with van der Waals surface area (Å²) in [4.78, 5) is 22.4. The molecule has 1 atom stereocenters. The lowest BCUT2D eigenvalue weighted by molar-refractivity contribution is -0.138. The highest BCUT2D eigenvalue weighted by molar-refractivity contribution is 6.61. The summed E-state index contributed by atoms with van der Waals surface area (Å²) in [6.07, 6.45) is 0. The molecule has 0 saturated carbocycles. The Labute approximate surface area is 104 Å². The van der Waals surface area contributed by atoms with Crippen LogP contribution >= 0.6 is 0 Å². The highest BCUT2D eigenvalue weighted by atomic mass is 16.5. The largest absolute Gasteiger partial charge is 0.491 e. The first-order valence-corrected chi connectivity index (χ1v) is 5.45. The lowest BCUT2D eigenvalue weighted by Gasteiger charge is -2.10. The summed E-state index contributed by atoms with van der Waals surface area (Å²) in [5.74, 6) is -1.60. The van der Waals surface area contributed by atoms with Gasteiger partial charge in [0.05, 0.1) is 6.61 Å². The van der Waals surface area contributed by atoms with Gasteiger partial charge in [0.2, 0.25) is 0 Å². The van der Waals surface area contributed by atoms with Gasteiger partial charge in [-0.15, -0.1) is 0 Å². The van der Waals surface area contributed by atoms with E-state index in [4.69, 9.17) is 9.76 Å². The maximum absolute atomic E-state index is 11.8. The second kappa shape index (κ2) is 4.79. The summed E-state index contributed by atoms with van der Waals surface area (Å²) in [5, 5.41) is 20.6. The van der Waals surface area contributed by atoms with Crippen molar-refractivity contribution in [3.63, 3.8) is 0 Å². The fraction of sp³-hybridized carbons (Fsp3) is 0.273. The molecule has 1 aromatic carbocycles. The molecule has 6 nitrogen and oxygen atoms in total. The van der Waals surface area contributed by atoms with Crippen LogP contribution in [0.1, 0.15) is 22.8 Å². The molecule has 0 radical (unpaired) electrons. The van der Waals surface area contributed by atoms with Crippen molar-refractivity contribution in [2.75, 3.05) is 0 Å². The molecule has 0 unspecified atom stereocenters. The fourth-order valence-electron chi connectivity index (χ4n) is 1.70. The zero-order valence-corrected chi connectivity index (χ0v) is 9.71. The SMILES string of the molecule is C[C@H](NC(=O)c1ccc2c(c1)B(O)OC2)C(=O)O. The molecule has 18 heavy (non-hydrogen) atoms. The van der Waals surface area contributed by atoms with Crippen LogP contribution in [0.5, 0.6) is 0 Å². The molecule has 0 aromatic heterocycles. The standard InChI is InChI=1S/C11H12BNO5/c1-6(11(15)16)13-10(14)7-2-3-8-5-18-12(17)9(8)4-7/h2-4,6,17H,5H2,1H3,(H,13,14)(H,15,16)/t6-/m0/s1. The molecule has 2 rings (SSSR count). The van der Waals surface area contributed by atoms with Crippen LogP contribution in [-0.2, 0) is 16.1 Å². The van der Waals surface area contributed by atoms with Gasteiger partial charge in [-0.2, -0.15) is 0 Å². The van der Waals surface area contributed by atoms with E-state index < -0.39 is 25.0 Å². The molecule has 0 aliphatic carbocycles. The molecule has 3 N–H and O–H groups in total. The Bertz CT molecular complexity index is 504. The molecular weight excluding hydrogens is 237 g/mol. The Kier molecular flexibility index (Phi) is 3.35. The van der Waals surface area contributed by atoms with Gasteiger partial charge in [-0.1, -0.05) is 6.07 Å². The number of nitrogens with one attached hydrogen (secondary N) is 1. The molecule has 1 amide bonds. The maximum Gasteiger partial charge on any atom is 0.491 e. The van der Waals surface area contributed by atoms with E-state index in [1.165, 1.54) is 13.0 Å². The number of carboxylic acids is 1. The first-order chi connectivity index (χ1) is 8.49. The first-order valence-electron chi connectivity index (χ1n) is 5.45. The van der Waals surface area contributed by atoms with Gasteiger partial charge in [0.25, 0.3) is 5.91 Å². The van der Waals surface area contributed by atoms with Crippen molar-refractivity contribution in [1.29, 1.82) is 0 Å². The zero-order chi connectivity index (χ0) is 13.3. The molecule has 1 aromatic rings. The predicted molar refractivity (Wildman–Crippen MR) is 63.4 cm³/mol. The van der Waals surface area contributed by atoms with Crippen molar-refractivity contribution in [1.82, 2.24) is 5.32 Å². The Hall–Kier alpha value is -1.86. The molecule has 0 fully saturated rings. The highest BCUT2D eigenvalue weighted by Crippen LogP contribution is 2.11. The topological polar surface area (TPSA) is 95.9 Å². The van der Waals surface area contributed by atoms with E-state index in [0.29, 0.717) is 17.6 Å². The molecule has 1 aliphatic rings. The minimum Gasteiger partial charge on any atom is -0.480 e. The molecule has 0 spiro atoms. The smallest absolute Gasteiger partial charge is 0.480 e. The lowest BCUT2D eigenvalue weighted by Crippen LogP contribution is -2.39. The maximum atomic E-state index is 11.8. The summed E-state index contributed by atoms with van der Waals surface area (Å²) in [6.45, 7) is 1.69. The van der Waals surface area contributed by atoms with E-state index in [2.05, 4.69) is 5.32 Å². The summed E-state index contributed by atoms with van der Waals surface area (Å²) in [5.41, 5.74) is 1.67. The van der Waals surface area contributed by atoms with Crippen LogP contribution in [-0.4, -0.2) is 35.2 Å². The summed E-state index contributed by atoms with van der Waals surface area (Å²) < 4.78 is 5.01. The van der Waals surface area contributed by atoms with Gasteiger partial charge >= 0.3 is 13.1 Å². The minimum atomic E-state index is -1.10. The first kappa shape index (κ1) is 12.6. The molecule has 0 saturated heterocycles. The molecular formula is C11H12BNO5. The van der Waals surface area contributed by atoms with Crippen LogP contribution in [0.15, 0.2) is 18.2 Å². The minimum absolute atomic E-state index is 0.298. The summed E-state index contributed by atoms with van der Waals surface area (Å²) in [6, 6.07) is 3.80. The Morgan fingerprint density at radius 1 is 1.50 bits per heavy atom. The number of carbonyl (C=O) groups excluding carboxylic acids is 1. The third-order valence-corrected chi connectivity index (χ3v) is 2.79. The van der Waals surface area contributed by atoms with Crippen molar-refractivity contribution in [2.24, 2.45) is 0 Å². The number of carboxylic acid groups (broad SMARTS) is 1. The molecule has 1 aliphatic heterocycles. The Balaban J connectivity index is 2.17. The van der Waals surface area contributed by atoms with Crippen LogP contribution < -0.4 is 10.8 Å². The number of hydrogen-bond acceptors (Lipinski definition) is 4. The van der Waals surface area contributed by atoms with Crippen LogP contribution in [0, 0.1) is 0 Å². The predicted octanol–water partition coefficient (Wildman–Crippen LogP) is -0.893. The number of aliphatic carboxylic acids is 1. The summed E-state index contributed by atoms with van der Waals surface area (Å²) >= 11 is 0. The van der Waals surface area contributed by atoms with Crippen molar-refractivity contribution in [2.45, 2.75) is 19.6 Å². The third-order valence-electron chi connectivity index (χ3n) is 2.79. The quantitative estimate of drug-likeness (QED) is 0.604. The number of hydrogen-bond donors (Lipinski definition) is 3. The monoisotopic (exact) mass is 249 g/mol. The van der Waals surface area contributed by atoms with Crippen LogP contribution in [0.4, 0.5) is 0 Å². The van der Waals surface area contributed by atoms with E-state index in [0.717, 1.165) is 5.56 Å². The lowest BCUT2D eigenvalue weighted by atomic mass is 9.79. The van der Waals surface area contributed by atoms with E-state index in [1.807, 2.05) is 0 Å². The van der Waals surface area contributed by atoms with Crippen molar-refractivity contribution in [3.05, 3.63) is 29.3 Å². The van der Waals surface area contributed by atoms with Crippen LogP contribution in [0.2, 0.25) is 0 Å². The third kappa shape index (κ3) is 2.37. The number of carbonyl (C=O) groups is 2. The molecule has 94 valence electrons. The normalized spacial score (nSPS) is 15.1. The zero-order valence-electron chi connectivity index (χ0n) is 9.71. The fourth-order valence-corrected chi connectivity index (χ4v) is 1.70. The highest BCUT2D eigenvalue weighted by Gasteiger charge is 2.28.